The van der Waals surface area contributed by atoms with Crippen LogP contribution in [0.15, 0.2) is 54.4 Å². The molecule has 0 spiro atoms. The first-order valence-electron chi connectivity index (χ1n) is 10.9. The van der Waals surface area contributed by atoms with Crippen LogP contribution in [0.5, 0.6) is 0 Å². The van der Waals surface area contributed by atoms with E-state index in [4.69, 9.17) is 22.7 Å². The van der Waals surface area contributed by atoms with E-state index >= 15 is 0 Å². The van der Waals surface area contributed by atoms with Gasteiger partial charge in [-0.15, -0.1) is 0 Å². The average Bonchev–Trinajstić information content (AvgIpc) is 2.79. The van der Waals surface area contributed by atoms with Crippen molar-refractivity contribution in [2.24, 2.45) is 5.73 Å². The van der Waals surface area contributed by atoms with Crippen LogP contribution >= 0.6 is 11.6 Å². The molecule has 6 N–H and O–H groups in total. The molecule has 3 rings (SSSR count). The van der Waals surface area contributed by atoms with Gasteiger partial charge in [0.25, 0.3) is 5.91 Å². The summed E-state index contributed by atoms with van der Waals surface area (Å²) in [6.07, 6.45) is 5.94. The van der Waals surface area contributed by atoms with Crippen molar-refractivity contribution in [2.45, 2.75) is 50.2 Å². The number of primary amides is 1. The molecule has 34 heavy (non-hydrogen) atoms. The molecule has 0 atom stereocenters. The molecule has 178 valence electrons. The topological polar surface area (TPSA) is 140 Å². The molecule has 0 unspecified atom stereocenters. The van der Waals surface area contributed by atoms with Crippen LogP contribution in [-0.4, -0.2) is 28.3 Å². The molecule has 10 heteroatoms. The number of hydrogen-bond donors (Lipinski definition) is 5. The fraction of sp³-hybridized carbons (Fsp3) is 0.333. The van der Waals surface area contributed by atoms with Gasteiger partial charge in [0.2, 0.25) is 5.95 Å². The van der Waals surface area contributed by atoms with E-state index in [1.807, 2.05) is 24.3 Å². The van der Waals surface area contributed by atoms with Crippen molar-refractivity contribution in [1.82, 2.24) is 15.6 Å². The number of amides is 1. The minimum absolute atomic E-state index is 0.101. The van der Waals surface area contributed by atoms with Crippen LogP contribution in [0.1, 0.15) is 37.7 Å². The third kappa shape index (κ3) is 7.01. The second-order valence-corrected chi connectivity index (χ2v) is 8.77. The van der Waals surface area contributed by atoms with Crippen LogP contribution in [-0.2, 0) is 11.3 Å². The average molecular weight is 484 g/mol. The number of nitriles is 1. The van der Waals surface area contributed by atoms with Gasteiger partial charge in [-0.2, -0.15) is 9.65 Å². The smallest absolute Gasteiger partial charge is 0.253 e. The maximum absolute atomic E-state index is 13.3. The van der Waals surface area contributed by atoms with Gasteiger partial charge in [-0.1, -0.05) is 23.7 Å². The molecule has 1 aliphatic rings. The predicted octanol–water partition coefficient (Wildman–Crippen LogP) is 3.61. The lowest BCUT2D eigenvalue weighted by Gasteiger charge is -2.39. The molecule has 1 saturated carbocycles. The van der Waals surface area contributed by atoms with Crippen LogP contribution < -0.4 is 21.7 Å². The summed E-state index contributed by atoms with van der Waals surface area (Å²) in [6.45, 7) is 0.702. The second-order valence-electron chi connectivity index (χ2n) is 8.33. The zero-order valence-electron chi connectivity index (χ0n) is 18.6. The van der Waals surface area contributed by atoms with Gasteiger partial charge in [0.15, 0.2) is 0 Å². The van der Waals surface area contributed by atoms with E-state index in [0.717, 1.165) is 24.5 Å². The summed E-state index contributed by atoms with van der Waals surface area (Å²) in [7, 11) is 0. The number of aromatic nitrogens is 1. The van der Waals surface area contributed by atoms with Crippen molar-refractivity contribution >= 4 is 29.0 Å². The third-order valence-corrected chi connectivity index (χ3v) is 6.13. The number of pyridine rings is 1. The van der Waals surface area contributed by atoms with Gasteiger partial charge in [-0.05, 0) is 49.4 Å². The van der Waals surface area contributed by atoms with Gasteiger partial charge in [0.1, 0.15) is 5.84 Å². The summed E-state index contributed by atoms with van der Waals surface area (Å²) in [5.74, 6) is -1.81. The summed E-state index contributed by atoms with van der Waals surface area (Å²) >= 11 is 6.05. The summed E-state index contributed by atoms with van der Waals surface area (Å²) in [4.78, 5) is 15.4. The van der Waals surface area contributed by atoms with Crippen molar-refractivity contribution in [2.75, 3.05) is 5.32 Å². The zero-order valence-corrected chi connectivity index (χ0v) is 19.3. The molecule has 0 saturated heterocycles. The molecule has 1 fully saturated rings. The monoisotopic (exact) mass is 483 g/mol. The lowest BCUT2D eigenvalue weighted by Crippen LogP contribution is -2.49. The highest BCUT2D eigenvalue weighted by Crippen LogP contribution is 2.31. The van der Waals surface area contributed by atoms with Gasteiger partial charge in [-0.3, -0.25) is 10.2 Å². The van der Waals surface area contributed by atoms with E-state index in [1.54, 1.807) is 0 Å². The first-order valence-corrected chi connectivity index (χ1v) is 11.3. The largest absolute Gasteiger partial charge is 0.384 e. The van der Waals surface area contributed by atoms with E-state index < -0.39 is 17.4 Å². The Morgan fingerprint density at radius 3 is 2.76 bits per heavy atom. The summed E-state index contributed by atoms with van der Waals surface area (Å²) < 4.78 is 13.3. The SMILES string of the molecule is N#CCC1(N/C=C(\C(=N)Nc2ccnc(F)c2)C(N)=O)CCC(NCc2cccc(Cl)c2)CC1. The Kier molecular flexibility index (Phi) is 8.57. The number of carbonyl (C=O) groups is 1. The van der Waals surface area contributed by atoms with Gasteiger partial charge in [0.05, 0.1) is 18.1 Å². The summed E-state index contributed by atoms with van der Waals surface area (Å²) in [5, 5.41) is 27.7. The standard InChI is InChI=1S/C24H27ClFN7O/c25-17-3-1-2-16(12-17)14-31-18-4-7-24(8-5-18,9-10-27)32-15-20(23(29)34)22(28)33-19-6-11-30-21(26)13-19/h1-3,6,11-13,15,18,31-32H,4-5,7-9,14H2,(H2,29,34)(H2,28,30,33)/b20-15+. The number of nitrogens with zero attached hydrogens (tertiary/aromatic N) is 2. The quantitative estimate of drug-likeness (QED) is 0.160. The number of rotatable bonds is 9. The highest BCUT2D eigenvalue weighted by molar-refractivity contribution is 6.30. The van der Waals surface area contributed by atoms with Crippen molar-refractivity contribution in [3.63, 3.8) is 0 Å². The molecule has 0 bridgehead atoms. The van der Waals surface area contributed by atoms with Crippen molar-refractivity contribution in [1.29, 1.82) is 10.7 Å². The van der Waals surface area contributed by atoms with E-state index in [1.165, 1.54) is 18.5 Å². The fourth-order valence-corrected chi connectivity index (χ4v) is 4.20. The molecule has 1 aromatic heterocycles. The Morgan fingerprint density at radius 1 is 1.35 bits per heavy atom. The first-order chi connectivity index (χ1) is 16.3. The van der Waals surface area contributed by atoms with Crippen LogP contribution in [0.3, 0.4) is 0 Å². The lowest BCUT2D eigenvalue weighted by atomic mass is 9.77. The summed E-state index contributed by atoms with van der Waals surface area (Å²) in [5.41, 5.74) is 6.22. The van der Waals surface area contributed by atoms with Crippen molar-refractivity contribution < 1.29 is 9.18 Å². The molecule has 1 aromatic carbocycles. The van der Waals surface area contributed by atoms with Crippen LogP contribution in [0.25, 0.3) is 0 Å². The second kappa shape index (κ2) is 11.6. The van der Waals surface area contributed by atoms with Crippen molar-refractivity contribution in [3.8, 4) is 6.07 Å². The molecule has 2 aromatic rings. The lowest BCUT2D eigenvalue weighted by molar-refractivity contribution is -0.114. The van der Waals surface area contributed by atoms with Crippen LogP contribution in [0.4, 0.5) is 10.1 Å². The fourth-order valence-electron chi connectivity index (χ4n) is 3.99. The molecule has 1 aliphatic carbocycles. The van der Waals surface area contributed by atoms with E-state index in [0.29, 0.717) is 24.4 Å². The maximum Gasteiger partial charge on any atom is 0.253 e. The van der Waals surface area contributed by atoms with E-state index in [9.17, 15) is 14.4 Å². The zero-order chi connectivity index (χ0) is 24.6. The number of carbonyl (C=O) groups excluding carboxylic acids is 1. The summed E-state index contributed by atoms with van der Waals surface area (Å²) in [6, 6.07) is 12.8. The molecule has 1 amide bonds. The minimum Gasteiger partial charge on any atom is -0.384 e. The minimum atomic E-state index is -0.816. The van der Waals surface area contributed by atoms with E-state index in [-0.39, 0.29) is 29.6 Å². The number of nitrogens with one attached hydrogen (secondary N) is 4. The number of anilines is 1. The molecule has 1 heterocycles. The molecule has 8 nitrogen and oxygen atoms in total. The Labute approximate surface area is 202 Å². The number of hydrogen-bond acceptors (Lipinski definition) is 6. The number of halogens is 2. The molecular formula is C24H27ClFN7O. The van der Waals surface area contributed by atoms with Crippen LogP contribution in [0.2, 0.25) is 5.02 Å². The van der Waals surface area contributed by atoms with Gasteiger partial charge >= 0.3 is 0 Å². The number of nitrogens with two attached hydrogens (primary N) is 1. The van der Waals surface area contributed by atoms with Gasteiger partial charge < -0.3 is 21.7 Å². The Morgan fingerprint density at radius 2 is 2.12 bits per heavy atom. The number of benzene rings is 1. The third-order valence-electron chi connectivity index (χ3n) is 5.90. The maximum atomic E-state index is 13.3. The van der Waals surface area contributed by atoms with Crippen LogP contribution in [0, 0.1) is 22.7 Å². The molecule has 0 aliphatic heterocycles. The van der Waals surface area contributed by atoms with Gasteiger partial charge in [0, 0.05) is 47.3 Å². The Bertz CT molecular complexity index is 1110. The number of amidine groups is 1. The highest BCUT2D eigenvalue weighted by atomic mass is 35.5. The highest BCUT2D eigenvalue weighted by Gasteiger charge is 2.34. The first kappa shape index (κ1) is 25.1. The van der Waals surface area contributed by atoms with Gasteiger partial charge in [-0.25, -0.2) is 4.98 Å². The van der Waals surface area contributed by atoms with Crippen molar-refractivity contribution in [3.05, 3.63) is 70.9 Å². The molecule has 0 radical (unpaired) electrons. The normalized spacial score (nSPS) is 20.3. The predicted molar refractivity (Wildman–Crippen MR) is 129 cm³/mol. The Hall–Kier alpha value is -3.48. The Balaban J connectivity index is 1.62. The molecular weight excluding hydrogens is 457 g/mol. The van der Waals surface area contributed by atoms with E-state index in [2.05, 4.69) is 27.0 Å².